The van der Waals surface area contributed by atoms with E-state index >= 15 is 0 Å². The van der Waals surface area contributed by atoms with Crippen LogP contribution in [-0.4, -0.2) is 40.9 Å². The van der Waals surface area contributed by atoms with Gasteiger partial charge in [-0.05, 0) is 43.2 Å². The highest BCUT2D eigenvalue weighted by Crippen LogP contribution is 2.38. The molecule has 0 aliphatic rings. The molecule has 0 unspecified atom stereocenters. The van der Waals surface area contributed by atoms with E-state index in [4.69, 9.17) is 18.9 Å². The maximum Gasteiger partial charge on any atom is 0.203 e. The van der Waals surface area contributed by atoms with E-state index in [1.54, 1.807) is 28.4 Å². The molecule has 2 aromatic rings. The van der Waals surface area contributed by atoms with Crippen molar-refractivity contribution in [3.63, 3.8) is 0 Å². The molecule has 0 aromatic heterocycles. The molecule has 2 N–H and O–H groups in total. The number of guanidine groups is 1. The maximum atomic E-state index is 5.48. The molecule has 0 radical (unpaired) electrons. The van der Waals surface area contributed by atoms with E-state index in [2.05, 4.69) is 27.8 Å². The molecule has 2 aromatic carbocycles. The zero-order valence-corrected chi connectivity index (χ0v) is 20.8. The number of rotatable bonds is 9. The average molecular weight is 529 g/mol. The summed E-state index contributed by atoms with van der Waals surface area (Å²) in [7, 11) is 6.47. The minimum atomic E-state index is 0. The molecular weight excluding hydrogens is 497 g/mol. The van der Waals surface area contributed by atoms with Crippen molar-refractivity contribution >= 4 is 29.9 Å². The Morgan fingerprint density at radius 1 is 0.867 bits per heavy atom. The van der Waals surface area contributed by atoms with Crippen LogP contribution in [0.4, 0.5) is 0 Å². The molecule has 0 aliphatic heterocycles. The van der Waals surface area contributed by atoms with Gasteiger partial charge in [-0.2, -0.15) is 0 Å². The number of benzene rings is 2. The largest absolute Gasteiger partial charge is 0.496 e. The molecule has 7 nitrogen and oxygen atoms in total. The van der Waals surface area contributed by atoms with Crippen LogP contribution in [-0.2, 0) is 13.1 Å². The van der Waals surface area contributed by atoms with Crippen LogP contribution in [0, 0.1) is 6.92 Å². The highest BCUT2D eigenvalue weighted by atomic mass is 127. The van der Waals surface area contributed by atoms with Crippen LogP contribution < -0.4 is 29.6 Å². The second-order valence-electron chi connectivity index (χ2n) is 6.40. The lowest BCUT2D eigenvalue weighted by molar-refractivity contribution is 0.324. The molecule has 0 fully saturated rings. The Morgan fingerprint density at radius 2 is 1.50 bits per heavy atom. The molecule has 0 amide bonds. The fourth-order valence-electron chi connectivity index (χ4n) is 2.92. The monoisotopic (exact) mass is 529 g/mol. The number of hydrogen-bond acceptors (Lipinski definition) is 5. The van der Waals surface area contributed by atoms with Gasteiger partial charge in [0.2, 0.25) is 5.75 Å². The van der Waals surface area contributed by atoms with Gasteiger partial charge in [0.1, 0.15) is 5.75 Å². The first-order valence-electron chi connectivity index (χ1n) is 9.50. The molecule has 0 aliphatic carbocycles. The number of nitrogens with zero attached hydrogens (tertiary/aromatic N) is 1. The summed E-state index contributed by atoms with van der Waals surface area (Å²) in [5.74, 6) is 3.36. The molecule has 8 heteroatoms. The molecule has 0 saturated carbocycles. The van der Waals surface area contributed by atoms with E-state index in [9.17, 15) is 0 Å². The predicted molar refractivity (Wildman–Crippen MR) is 131 cm³/mol. The predicted octanol–water partition coefficient (Wildman–Crippen LogP) is 3.90. The zero-order valence-electron chi connectivity index (χ0n) is 18.5. The van der Waals surface area contributed by atoms with Gasteiger partial charge in [-0.3, -0.25) is 0 Å². The van der Waals surface area contributed by atoms with Crippen LogP contribution >= 0.6 is 24.0 Å². The summed E-state index contributed by atoms with van der Waals surface area (Å²) in [4.78, 5) is 4.68. The normalized spacial score (nSPS) is 10.7. The van der Waals surface area contributed by atoms with Crippen molar-refractivity contribution in [2.45, 2.75) is 26.9 Å². The molecule has 0 atom stereocenters. The molecule has 30 heavy (non-hydrogen) atoms. The Labute approximate surface area is 196 Å². The van der Waals surface area contributed by atoms with E-state index in [1.807, 2.05) is 32.0 Å². The van der Waals surface area contributed by atoms with Crippen LogP contribution in [0.15, 0.2) is 35.3 Å². The summed E-state index contributed by atoms with van der Waals surface area (Å²) in [5.41, 5.74) is 3.18. The van der Waals surface area contributed by atoms with Gasteiger partial charge in [-0.1, -0.05) is 12.1 Å². The van der Waals surface area contributed by atoms with Gasteiger partial charge < -0.3 is 29.6 Å². The van der Waals surface area contributed by atoms with Crippen molar-refractivity contribution in [2.24, 2.45) is 4.99 Å². The van der Waals surface area contributed by atoms with Crippen molar-refractivity contribution in [3.05, 3.63) is 47.0 Å². The Morgan fingerprint density at radius 3 is 2.03 bits per heavy atom. The summed E-state index contributed by atoms with van der Waals surface area (Å²) >= 11 is 0. The second kappa shape index (κ2) is 13.0. The number of hydrogen-bond donors (Lipinski definition) is 2. The first-order chi connectivity index (χ1) is 14.1. The van der Waals surface area contributed by atoms with Crippen molar-refractivity contribution < 1.29 is 18.9 Å². The molecule has 0 spiro atoms. The van der Waals surface area contributed by atoms with Crippen molar-refractivity contribution in [1.82, 2.24) is 10.6 Å². The third kappa shape index (κ3) is 6.86. The zero-order chi connectivity index (χ0) is 21.2. The molecule has 0 saturated heterocycles. The molecule has 2 rings (SSSR count). The molecule has 166 valence electrons. The number of halogens is 1. The van der Waals surface area contributed by atoms with Crippen molar-refractivity contribution in [3.8, 4) is 23.0 Å². The Kier molecular flexibility index (Phi) is 11.2. The van der Waals surface area contributed by atoms with Crippen LogP contribution in [0.3, 0.4) is 0 Å². The highest BCUT2D eigenvalue weighted by molar-refractivity contribution is 14.0. The van der Waals surface area contributed by atoms with Gasteiger partial charge in [-0.25, -0.2) is 4.99 Å². The minimum Gasteiger partial charge on any atom is -0.496 e. The smallest absolute Gasteiger partial charge is 0.203 e. The van der Waals surface area contributed by atoms with E-state index in [1.165, 1.54) is 0 Å². The molecular formula is C22H32IN3O4. The molecule has 0 heterocycles. The summed E-state index contributed by atoms with van der Waals surface area (Å²) < 4.78 is 21.7. The standard InChI is InChI=1S/C22H31N3O4.HI/c1-7-23-22(25-14-17-9-8-15(2)10-18(17)26-3)24-13-16-11-19(27-4)21(29-6)20(12-16)28-5;/h8-12H,7,13-14H2,1-6H3,(H2,23,24,25);1H. The van der Waals surface area contributed by atoms with Gasteiger partial charge in [0.25, 0.3) is 0 Å². The summed E-state index contributed by atoms with van der Waals surface area (Å²) in [6.45, 7) is 5.89. The first kappa shape index (κ1) is 25.7. The minimum absolute atomic E-state index is 0. The van der Waals surface area contributed by atoms with Crippen LogP contribution in [0.5, 0.6) is 23.0 Å². The third-order valence-corrected chi connectivity index (χ3v) is 4.38. The highest BCUT2D eigenvalue weighted by Gasteiger charge is 2.13. The second-order valence-corrected chi connectivity index (χ2v) is 6.40. The lowest BCUT2D eigenvalue weighted by Crippen LogP contribution is -2.36. The number of methoxy groups -OCH3 is 4. The quantitative estimate of drug-likeness (QED) is 0.292. The summed E-state index contributed by atoms with van der Waals surface area (Å²) in [6, 6.07) is 9.95. The lowest BCUT2D eigenvalue weighted by atomic mass is 10.1. The molecule has 0 bridgehead atoms. The maximum absolute atomic E-state index is 5.48. The van der Waals surface area contributed by atoms with Gasteiger partial charge >= 0.3 is 0 Å². The number of aliphatic imine (C=N–C) groups is 1. The van der Waals surface area contributed by atoms with Gasteiger partial charge in [-0.15, -0.1) is 24.0 Å². The van der Waals surface area contributed by atoms with Crippen LogP contribution in [0.1, 0.15) is 23.6 Å². The van der Waals surface area contributed by atoms with Gasteiger partial charge in [0, 0.05) is 18.7 Å². The fourth-order valence-corrected chi connectivity index (χ4v) is 2.92. The third-order valence-electron chi connectivity index (χ3n) is 4.38. The van der Waals surface area contributed by atoms with Gasteiger partial charge in [0.15, 0.2) is 17.5 Å². The summed E-state index contributed by atoms with van der Waals surface area (Å²) in [5, 5.41) is 6.62. The average Bonchev–Trinajstić information content (AvgIpc) is 2.75. The van der Waals surface area contributed by atoms with Crippen LogP contribution in [0.25, 0.3) is 0 Å². The van der Waals surface area contributed by atoms with E-state index in [0.29, 0.717) is 36.3 Å². The summed E-state index contributed by atoms with van der Waals surface area (Å²) in [6.07, 6.45) is 0. The lowest BCUT2D eigenvalue weighted by Gasteiger charge is -2.15. The number of aryl methyl sites for hydroxylation is 1. The Balaban J connectivity index is 0.00000450. The van der Waals surface area contributed by atoms with E-state index < -0.39 is 0 Å². The number of nitrogens with one attached hydrogen (secondary N) is 2. The number of ether oxygens (including phenoxy) is 4. The van der Waals surface area contributed by atoms with Gasteiger partial charge in [0.05, 0.1) is 35.0 Å². The van der Waals surface area contributed by atoms with E-state index in [-0.39, 0.29) is 24.0 Å². The Hall–Kier alpha value is -2.36. The topological polar surface area (TPSA) is 73.3 Å². The van der Waals surface area contributed by atoms with Crippen LogP contribution in [0.2, 0.25) is 0 Å². The van der Waals surface area contributed by atoms with Crippen molar-refractivity contribution in [1.29, 1.82) is 0 Å². The SMILES string of the molecule is CCNC(=NCc1cc(OC)c(OC)c(OC)c1)NCc1ccc(C)cc1OC.I. The fraction of sp³-hybridized carbons (Fsp3) is 0.409. The van der Waals surface area contributed by atoms with Crippen molar-refractivity contribution in [2.75, 3.05) is 35.0 Å². The first-order valence-corrected chi connectivity index (χ1v) is 9.50. The van der Waals surface area contributed by atoms with E-state index in [0.717, 1.165) is 29.0 Å². The Bertz CT molecular complexity index is 818.